The average molecular weight is 500 g/mol. The summed E-state index contributed by atoms with van der Waals surface area (Å²) in [6.45, 7) is 10.4. The van der Waals surface area contributed by atoms with E-state index in [1.54, 1.807) is 6.20 Å². The Kier molecular flexibility index (Phi) is 7.06. The molecule has 0 aliphatic carbocycles. The Hall–Kier alpha value is -4.31. The number of hydrogen-bond acceptors (Lipinski definition) is 3. The van der Waals surface area contributed by atoms with Crippen molar-refractivity contribution in [1.82, 2.24) is 15.3 Å². The van der Waals surface area contributed by atoms with Crippen LogP contribution in [0.4, 0.5) is 0 Å². The highest BCUT2D eigenvalue weighted by atomic mass is 16.1. The van der Waals surface area contributed by atoms with Crippen molar-refractivity contribution in [1.29, 1.82) is 0 Å². The first-order chi connectivity index (χ1) is 18.3. The molecule has 1 heterocycles. The largest absolute Gasteiger partial charge is 0.349 e. The lowest BCUT2D eigenvalue weighted by atomic mass is 9.96. The van der Waals surface area contributed by atoms with Crippen LogP contribution in [0.3, 0.4) is 0 Å². The van der Waals surface area contributed by atoms with E-state index >= 15 is 0 Å². The van der Waals surface area contributed by atoms with Crippen LogP contribution in [-0.4, -0.2) is 21.9 Å². The third kappa shape index (κ3) is 5.08. The second kappa shape index (κ2) is 10.6. The fourth-order valence-corrected chi connectivity index (χ4v) is 4.52. The fourth-order valence-electron chi connectivity index (χ4n) is 4.52. The van der Waals surface area contributed by atoms with Crippen molar-refractivity contribution in [3.8, 4) is 33.5 Å². The minimum atomic E-state index is -0.101. The van der Waals surface area contributed by atoms with E-state index in [4.69, 9.17) is 9.97 Å². The molecule has 4 nitrogen and oxygen atoms in total. The number of carbonyl (C=O) groups excluding carboxylic acids is 1. The number of nitrogens with one attached hydrogen (secondary N) is 1. The number of rotatable bonds is 6. The van der Waals surface area contributed by atoms with E-state index in [2.05, 4.69) is 93.7 Å². The maximum atomic E-state index is 13.2. The molecule has 0 aliphatic heterocycles. The van der Waals surface area contributed by atoms with Crippen LogP contribution in [0, 0.1) is 19.8 Å². The van der Waals surface area contributed by atoms with E-state index < -0.39 is 0 Å². The first-order valence-electron chi connectivity index (χ1n) is 13.2. The summed E-state index contributed by atoms with van der Waals surface area (Å²) >= 11 is 0. The SMILES string of the molecule is Cc1ccc(-c2ccc(-c3ccc(C)cc3)c3nc(-c4ccccc4C(=O)N[C@H](C)C(C)C)cnc23)cc1. The van der Waals surface area contributed by atoms with E-state index in [1.165, 1.54) is 11.1 Å². The van der Waals surface area contributed by atoms with Crippen LogP contribution >= 0.6 is 0 Å². The first-order valence-corrected chi connectivity index (χ1v) is 13.2. The quantitative estimate of drug-likeness (QED) is 0.257. The van der Waals surface area contributed by atoms with Gasteiger partial charge in [-0.15, -0.1) is 0 Å². The number of aromatic nitrogens is 2. The highest BCUT2D eigenvalue weighted by molar-refractivity contribution is 6.03. The highest BCUT2D eigenvalue weighted by Crippen LogP contribution is 2.35. The number of amides is 1. The molecule has 0 spiro atoms. The van der Waals surface area contributed by atoms with Gasteiger partial charge in [0.2, 0.25) is 0 Å². The monoisotopic (exact) mass is 499 g/mol. The number of benzene rings is 4. The molecule has 5 rings (SSSR count). The molecule has 1 aromatic heterocycles. The topological polar surface area (TPSA) is 54.9 Å². The highest BCUT2D eigenvalue weighted by Gasteiger charge is 2.19. The number of nitrogens with zero attached hydrogens (tertiary/aromatic N) is 2. The van der Waals surface area contributed by atoms with Crippen LogP contribution in [0.25, 0.3) is 44.5 Å². The summed E-state index contributed by atoms with van der Waals surface area (Å²) in [7, 11) is 0. The van der Waals surface area contributed by atoms with Gasteiger partial charge in [-0.2, -0.15) is 0 Å². The van der Waals surface area contributed by atoms with E-state index in [-0.39, 0.29) is 11.9 Å². The van der Waals surface area contributed by atoms with Gasteiger partial charge < -0.3 is 5.32 Å². The molecule has 1 N–H and O–H groups in total. The van der Waals surface area contributed by atoms with Crippen LogP contribution in [-0.2, 0) is 0 Å². The smallest absolute Gasteiger partial charge is 0.252 e. The first kappa shape index (κ1) is 25.3. The second-order valence-electron chi connectivity index (χ2n) is 10.4. The predicted molar refractivity (Wildman–Crippen MR) is 157 cm³/mol. The summed E-state index contributed by atoms with van der Waals surface area (Å²) in [6.07, 6.45) is 1.79. The average Bonchev–Trinajstić information content (AvgIpc) is 2.93. The molecule has 4 aromatic carbocycles. The molecule has 5 aromatic rings. The summed E-state index contributed by atoms with van der Waals surface area (Å²) in [6, 6.07) is 28.9. The van der Waals surface area contributed by atoms with Gasteiger partial charge in [0.15, 0.2) is 0 Å². The zero-order chi connectivity index (χ0) is 26.8. The van der Waals surface area contributed by atoms with Gasteiger partial charge in [-0.1, -0.05) is 104 Å². The van der Waals surface area contributed by atoms with Crippen molar-refractivity contribution in [3.05, 3.63) is 108 Å². The summed E-state index contributed by atoms with van der Waals surface area (Å²) < 4.78 is 0. The van der Waals surface area contributed by atoms with Gasteiger partial charge in [0.1, 0.15) is 0 Å². The third-order valence-electron chi connectivity index (χ3n) is 7.23. The molecule has 0 unspecified atom stereocenters. The Balaban J connectivity index is 1.69. The lowest BCUT2D eigenvalue weighted by molar-refractivity contribution is 0.0931. The molecule has 1 amide bonds. The standard InChI is InChI=1S/C34H33N3O/c1-21(2)24(5)36-34(38)30-9-7-6-8-29(30)31-20-35-32-27(25-14-10-22(3)11-15-25)18-19-28(33(32)37-31)26-16-12-23(4)13-17-26/h6-21,24H,1-5H3,(H,36,38)/t24-/m1/s1. The van der Waals surface area contributed by atoms with Crippen LogP contribution < -0.4 is 5.32 Å². The van der Waals surface area contributed by atoms with Crippen LogP contribution in [0.5, 0.6) is 0 Å². The van der Waals surface area contributed by atoms with Crippen molar-refractivity contribution in [3.63, 3.8) is 0 Å². The van der Waals surface area contributed by atoms with Gasteiger partial charge in [-0.3, -0.25) is 9.78 Å². The summed E-state index contributed by atoms with van der Waals surface area (Å²) in [5, 5.41) is 3.13. The summed E-state index contributed by atoms with van der Waals surface area (Å²) in [5.41, 5.74) is 10.3. The maximum absolute atomic E-state index is 13.2. The van der Waals surface area contributed by atoms with Gasteiger partial charge in [0.05, 0.1) is 22.9 Å². The zero-order valence-electron chi connectivity index (χ0n) is 22.6. The van der Waals surface area contributed by atoms with E-state index in [9.17, 15) is 4.79 Å². The molecule has 1 atom stereocenters. The van der Waals surface area contributed by atoms with Gasteiger partial charge in [-0.25, -0.2) is 4.98 Å². The van der Waals surface area contributed by atoms with Crippen molar-refractivity contribution in [2.24, 2.45) is 5.92 Å². The van der Waals surface area contributed by atoms with Crippen LogP contribution in [0.1, 0.15) is 42.3 Å². The fraction of sp³-hybridized carbons (Fsp3) is 0.206. The van der Waals surface area contributed by atoms with Crippen molar-refractivity contribution in [2.75, 3.05) is 0 Å². The Labute approximate surface area is 224 Å². The van der Waals surface area contributed by atoms with Gasteiger partial charge in [-0.05, 0) is 43.9 Å². The lowest BCUT2D eigenvalue weighted by Crippen LogP contribution is -2.36. The van der Waals surface area contributed by atoms with Gasteiger partial charge in [0.25, 0.3) is 5.91 Å². The van der Waals surface area contributed by atoms with Crippen LogP contribution in [0.15, 0.2) is 91.1 Å². The van der Waals surface area contributed by atoms with E-state index in [1.807, 2.05) is 31.2 Å². The number of carbonyl (C=O) groups is 1. The Morgan fingerprint density at radius 3 is 1.82 bits per heavy atom. The van der Waals surface area contributed by atoms with Gasteiger partial charge in [0, 0.05) is 28.3 Å². The Morgan fingerprint density at radius 1 is 0.684 bits per heavy atom. The van der Waals surface area contributed by atoms with E-state index in [0.717, 1.165) is 38.9 Å². The Morgan fingerprint density at radius 2 is 1.24 bits per heavy atom. The van der Waals surface area contributed by atoms with Gasteiger partial charge >= 0.3 is 0 Å². The van der Waals surface area contributed by atoms with Crippen molar-refractivity contribution < 1.29 is 4.79 Å². The molecule has 0 aliphatic rings. The lowest BCUT2D eigenvalue weighted by Gasteiger charge is -2.19. The maximum Gasteiger partial charge on any atom is 0.252 e. The van der Waals surface area contributed by atoms with Crippen molar-refractivity contribution in [2.45, 2.75) is 40.7 Å². The molecule has 0 saturated carbocycles. The second-order valence-corrected chi connectivity index (χ2v) is 10.4. The third-order valence-corrected chi connectivity index (χ3v) is 7.23. The normalized spacial score (nSPS) is 12.1. The minimum absolute atomic E-state index is 0.0588. The molecule has 0 saturated heterocycles. The summed E-state index contributed by atoms with van der Waals surface area (Å²) in [4.78, 5) is 23.4. The molecular formula is C34H33N3O. The molecule has 38 heavy (non-hydrogen) atoms. The van der Waals surface area contributed by atoms with Crippen LogP contribution in [0.2, 0.25) is 0 Å². The number of hydrogen-bond donors (Lipinski definition) is 1. The van der Waals surface area contributed by atoms with Crippen molar-refractivity contribution >= 4 is 16.9 Å². The molecule has 190 valence electrons. The predicted octanol–water partition coefficient (Wildman–Crippen LogP) is 8.02. The zero-order valence-corrected chi connectivity index (χ0v) is 22.6. The molecule has 0 bridgehead atoms. The minimum Gasteiger partial charge on any atom is -0.349 e. The molecule has 0 radical (unpaired) electrons. The molecule has 4 heteroatoms. The van der Waals surface area contributed by atoms with E-state index in [0.29, 0.717) is 17.2 Å². The molecular weight excluding hydrogens is 466 g/mol. The number of aryl methyl sites for hydroxylation is 2. The summed E-state index contributed by atoms with van der Waals surface area (Å²) in [5.74, 6) is 0.236. The molecule has 0 fully saturated rings. The Bertz CT molecular complexity index is 1600. The number of fused-ring (bicyclic) bond motifs is 1.